The molecule has 1 saturated heterocycles. The minimum atomic E-state index is -0.313. The number of aryl methyl sites for hydroxylation is 1. The van der Waals surface area contributed by atoms with Crippen LogP contribution in [-0.2, 0) is 6.54 Å². The Morgan fingerprint density at radius 3 is 3.00 bits per heavy atom. The number of hydrogen-bond acceptors (Lipinski definition) is 5. The number of aromatic nitrogens is 2. The summed E-state index contributed by atoms with van der Waals surface area (Å²) in [4.78, 5) is 10.9. The molecule has 0 radical (unpaired) electrons. The fourth-order valence-corrected chi connectivity index (χ4v) is 2.86. The predicted molar refractivity (Wildman–Crippen MR) is 87.0 cm³/mol. The van der Waals surface area contributed by atoms with Gasteiger partial charge in [-0.15, -0.1) is 0 Å². The topological polar surface area (TPSA) is 50.3 Å². The Bertz CT molecular complexity index is 679. The smallest absolute Gasteiger partial charge is 0.223 e. The lowest BCUT2D eigenvalue weighted by Crippen LogP contribution is -2.26. The monoisotopic (exact) mass is 316 g/mol. The largest absolute Gasteiger partial charge is 0.494 e. The molecule has 5 nitrogen and oxygen atoms in total. The number of nitrogens with zero attached hydrogens (tertiary/aromatic N) is 3. The van der Waals surface area contributed by atoms with Crippen LogP contribution in [0.25, 0.3) is 0 Å². The molecular formula is C17H21FN4O. The fraction of sp³-hybridized carbons (Fsp3) is 0.412. The molecule has 0 bridgehead atoms. The molecule has 1 aliphatic heterocycles. The van der Waals surface area contributed by atoms with Crippen LogP contribution in [0.4, 0.5) is 10.3 Å². The first-order valence-corrected chi connectivity index (χ1v) is 7.75. The van der Waals surface area contributed by atoms with Gasteiger partial charge in [-0.2, -0.15) is 0 Å². The van der Waals surface area contributed by atoms with Crippen molar-refractivity contribution in [1.29, 1.82) is 0 Å². The van der Waals surface area contributed by atoms with Crippen molar-refractivity contribution in [2.75, 3.05) is 25.5 Å². The average molecular weight is 316 g/mol. The maximum Gasteiger partial charge on any atom is 0.223 e. The van der Waals surface area contributed by atoms with E-state index in [1.165, 1.54) is 7.11 Å². The zero-order valence-corrected chi connectivity index (χ0v) is 13.4. The van der Waals surface area contributed by atoms with Crippen LogP contribution in [0.5, 0.6) is 5.75 Å². The van der Waals surface area contributed by atoms with Crippen LogP contribution in [-0.4, -0.2) is 41.1 Å². The maximum absolute atomic E-state index is 13.8. The van der Waals surface area contributed by atoms with Gasteiger partial charge >= 0.3 is 0 Å². The minimum Gasteiger partial charge on any atom is -0.494 e. The summed E-state index contributed by atoms with van der Waals surface area (Å²) in [6, 6.07) is 7.33. The van der Waals surface area contributed by atoms with E-state index in [0.29, 0.717) is 12.0 Å². The Labute approximate surface area is 135 Å². The van der Waals surface area contributed by atoms with Gasteiger partial charge in [-0.25, -0.2) is 14.4 Å². The highest BCUT2D eigenvalue weighted by atomic mass is 19.1. The molecule has 6 heteroatoms. The molecule has 1 unspecified atom stereocenters. The number of halogens is 1. The zero-order chi connectivity index (χ0) is 16.2. The summed E-state index contributed by atoms with van der Waals surface area (Å²) in [6.07, 6.45) is 2.79. The lowest BCUT2D eigenvalue weighted by atomic mass is 10.2. The van der Waals surface area contributed by atoms with Gasteiger partial charge in [0, 0.05) is 37.6 Å². The van der Waals surface area contributed by atoms with Gasteiger partial charge in [0.2, 0.25) is 5.95 Å². The molecule has 0 saturated carbocycles. The van der Waals surface area contributed by atoms with E-state index in [1.54, 1.807) is 18.3 Å². The SMILES string of the molecule is COc1ccc(CN2CCC(Nc3nccc(C)n3)C2)cc1F. The van der Waals surface area contributed by atoms with E-state index in [0.717, 1.165) is 37.3 Å². The molecule has 1 aromatic heterocycles. The van der Waals surface area contributed by atoms with E-state index in [9.17, 15) is 4.39 Å². The molecule has 2 heterocycles. The van der Waals surface area contributed by atoms with Gasteiger partial charge in [0.1, 0.15) is 0 Å². The number of methoxy groups -OCH3 is 1. The molecule has 0 amide bonds. The number of hydrogen-bond donors (Lipinski definition) is 1. The van der Waals surface area contributed by atoms with Gasteiger partial charge < -0.3 is 10.1 Å². The molecule has 1 aliphatic rings. The second-order valence-corrected chi connectivity index (χ2v) is 5.86. The van der Waals surface area contributed by atoms with Crippen LogP contribution >= 0.6 is 0 Å². The third-order valence-corrected chi connectivity index (χ3v) is 4.02. The first-order chi connectivity index (χ1) is 11.1. The Morgan fingerprint density at radius 1 is 1.39 bits per heavy atom. The Balaban J connectivity index is 1.56. The van der Waals surface area contributed by atoms with E-state index in [4.69, 9.17) is 4.74 Å². The number of rotatable bonds is 5. The molecule has 1 aromatic carbocycles. The van der Waals surface area contributed by atoms with Crippen LogP contribution in [0.1, 0.15) is 17.7 Å². The lowest BCUT2D eigenvalue weighted by molar-refractivity contribution is 0.327. The van der Waals surface area contributed by atoms with Crippen LogP contribution in [0, 0.1) is 12.7 Å². The molecular weight excluding hydrogens is 295 g/mol. The molecule has 122 valence electrons. The van der Waals surface area contributed by atoms with Crippen molar-refractivity contribution in [2.45, 2.75) is 25.9 Å². The summed E-state index contributed by atoms with van der Waals surface area (Å²) < 4.78 is 18.7. The third kappa shape index (κ3) is 3.96. The second-order valence-electron chi connectivity index (χ2n) is 5.86. The first kappa shape index (κ1) is 15.7. The molecule has 0 aliphatic carbocycles. The standard InChI is InChI=1S/C17H21FN4O/c1-12-5-7-19-17(20-12)21-14-6-8-22(11-14)10-13-3-4-16(23-2)15(18)9-13/h3-5,7,9,14H,6,8,10-11H2,1-2H3,(H,19,20,21). The van der Waals surface area contributed by atoms with Crippen molar-refractivity contribution in [3.05, 3.63) is 47.5 Å². The maximum atomic E-state index is 13.8. The van der Waals surface area contributed by atoms with Crippen molar-refractivity contribution in [3.63, 3.8) is 0 Å². The van der Waals surface area contributed by atoms with Gasteiger partial charge in [0.05, 0.1) is 7.11 Å². The van der Waals surface area contributed by atoms with E-state index < -0.39 is 0 Å². The molecule has 0 spiro atoms. The van der Waals surface area contributed by atoms with Gasteiger partial charge in [-0.1, -0.05) is 6.07 Å². The van der Waals surface area contributed by atoms with Crippen molar-refractivity contribution in [3.8, 4) is 5.75 Å². The Kier molecular flexibility index (Phi) is 4.71. The van der Waals surface area contributed by atoms with Crippen LogP contribution < -0.4 is 10.1 Å². The minimum absolute atomic E-state index is 0.284. The normalized spacial score (nSPS) is 18.1. The highest BCUT2D eigenvalue weighted by molar-refractivity contribution is 5.30. The summed E-state index contributed by atoms with van der Waals surface area (Å²) >= 11 is 0. The molecule has 2 aromatic rings. The van der Waals surface area contributed by atoms with Gasteiger partial charge in [0.25, 0.3) is 0 Å². The molecule has 23 heavy (non-hydrogen) atoms. The highest BCUT2D eigenvalue weighted by Gasteiger charge is 2.23. The van der Waals surface area contributed by atoms with Crippen LogP contribution in [0.2, 0.25) is 0 Å². The fourth-order valence-electron chi connectivity index (χ4n) is 2.86. The van der Waals surface area contributed by atoms with Gasteiger partial charge in [-0.3, -0.25) is 4.90 Å². The van der Waals surface area contributed by atoms with Gasteiger partial charge in [0.15, 0.2) is 11.6 Å². The Hall–Kier alpha value is -2.21. The van der Waals surface area contributed by atoms with Crippen LogP contribution in [0.15, 0.2) is 30.5 Å². The third-order valence-electron chi connectivity index (χ3n) is 4.02. The lowest BCUT2D eigenvalue weighted by Gasteiger charge is -2.17. The summed E-state index contributed by atoms with van der Waals surface area (Å²) in [5.74, 6) is 0.644. The van der Waals surface area contributed by atoms with Gasteiger partial charge in [-0.05, 0) is 37.1 Å². The predicted octanol–water partition coefficient (Wildman–Crippen LogP) is 2.62. The quantitative estimate of drug-likeness (QED) is 0.919. The first-order valence-electron chi connectivity index (χ1n) is 7.75. The molecule has 1 fully saturated rings. The Morgan fingerprint density at radius 2 is 2.26 bits per heavy atom. The van der Waals surface area contributed by atoms with Crippen molar-refractivity contribution >= 4 is 5.95 Å². The number of anilines is 1. The van der Waals surface area contributed by atoms with E-state index >= 15 is 0 Å². The summed E-state index contributed by atoms with van der Waals surface area (Å²) in [5, 5.41) is 3.37. The number of nitrogens with one attached hydrogen (secondary N) is 1. The summed E-state index contributed by atoms with van der Waals surface area (Å²) in [5.41, 5.74) is 1.90. The second kappa shape index (κ2) is 6.91. The number of likely N-dealkylation sites (tertiary alicyclic amines) is 1. The molecule has 1 atom stereocenters. The zero-order valence-electron chi connectivity index (χ0n) is 13.4. The number of ether oxygens (including phenoxy) is 1. The average Bonchev–Trinajstić information content (AvgIpc) is 2.94. The van der Waals surface area contributed by atoms with E-state index in [-0.39, 0.29) is 11.6 Å². The molecule has 3 rings (SSSR count). The summed E-state index contributed by atoms with van der Waals surface area (Å²) in [7, 11) is 1.47. The van der Waals surface area contributed by atoms with Crippen LogP contribution in [0.3, 0.4) is 0 Å². The van der Waals surface area contributed by atoms with Crippen molar-refractivity contribution in [1.82, 2.24) is 14.9 Å². The van der Waals surface area contributed by atoms with E-state index in [1.807, 2.05) is 19.1 Å². The van der Waals surface area contributed by atoms with Crippen molar-refractivity contribution in [2.24, 2.45) is 0 Å². The molecule has 1 N–H and O–H groups in total. The number of benzene rings is 1. The van der Waals surface area contributed by atoms with E-state index in [2.05, 4.69) is 20.2 Å². The van der Waals surface area contributed by atoms with Crippen molar-refractivity contribution < 1.29 is 9.13 Å². The summed E-state index contributed by atoms with van der Waals surface area (Å²) in [6.45, 7) is 4.54. The highest BCUT2D eigenvalue weighted by Crippen LogP contribution is 2.21.